The summed E-state index contributed by atoms with van der Waals surface area (Å²) in [4.78, 5) is 36.9. The first kappa shape index (κ1) is 34.7. The number of ether oxygens (including phenoxy) is 2. The van der Waals surface area contributed by atoms with Crippen LogP contribution in [0.2, 0.25) is 0 Å². The van der Waals surface area contributed by atoms with Crippen LogP contribution in [0.15, 0.2) is 36.9 Å². The summed E-state index contributed by atoms with van der Waals surface area (Å²) in [6.07, 6.45) is 9.75. The molecule has 7 unspecified atom stereocenters. The maximum atomic E-state index is 15.7. The number of Topliss-reactive ketones (excluding diaryl/α,β-unsaturated/α-hetero) is 1. The second kappa shape index (κ2) is 14.9. The maximum absolute atomic E-state index is 15.7. The molecule has 11 heteroatoms. The molecule has 4 heterocycles. The molecule has 7 rings (SSSR count). The Morgan fingerprint density at radius 3 is 2.65 bits per heavy atom. The van der Waals surface area contributed by atoms with E-state index in [-0.39, 0.29) is 42.3 Å². The molecule has 10 nitrogen and oxygen atoms in total. The fourth-order valence-electron chi connectivity index (χ4n) is 9.86. The molecular formula is C38H53FN6O4. The highest BCUT2D eigenvalue weighted by Crippen LogP contribution is 2.47. The summed E-state index contributed by atoms with van der Waals surface area (Å²) in [5, 5.41) is 13.5. The van der Waals surface area contributed by atoms with Crippen LogP contribution in [-0.2, 0) is 25.5 Å². The van der Waals surface area contributed by atoms with Crippen molar-refractivity contribution in [1.82, 2.24) is 24.9 Å². The highest BCUT2D eigenvalue weighted by atomic mass is 19.1. The number of halogens is 1. The molecule has 6 aliphatic rings. The van der Waals surface area contributed by atoms with Gasteiger partial charge in [0.05, 0.1) is 37.3 Å². The molecule has 4 aliphatic heterocycles. The number of hydrogen-bond donors (Lipinski definition) is 1. The third-order valence-electron chi connectivity index (χ3n) is 12.5. The van der Waals surface area contributed by atoms with Gasteiger partial charge in [0.25, 0.3) is 0 Å². The summed E-state index contributed by atoms with van der Waals surface area (Å²) in [6.45, 7) is 6.94. The van der Waals surface area contributed by atoms with Crippen LogP contribution in [0.4, 0.5) is 4.39 Å². The van der Waals surface area contributed by atoms with Crippen LogP contribution < -0.4 is 5.32 Å². The van der Waals surface area contributed by atoms with Crippen LogP contribution in [0, 0.1) is 17.2 Å². The van der Waals surface area contributed by atoms with E-state index in [1.54, 1.807) is 11.0 Å². The van der Waals surface area contributed by atoms with Crippen molar-refractivity contribution in [2.45, 2.75) is 126 Å². The average molecular weight is 677 g/mol. The minimum Gasteiger partial charge on any atom is -0.348 e. The van der Waals surface area contributed by atoms with E-state index in [0.29, 0.717) is 57.1 Å². The summed E-state index contributed by atoms with van der Waals surface area (Å²) in [7, 11) is 2.15. The lowest BCUT2D eigenvalue weighted by Crippen LogP contribution is -2.77. The fraction of sp³-hybridized carbons (Fsp3) is 0.711. The Labute approximate surface area is 290 Å². The molecule has 1 amide bonds. The van der Waals surface area contributed by atoms with E-state index in [2.05, 4.69) is 39.7 Å². The molecule has 8 atom stereocenters. The summed E-state index contributed by atoms with van der Waals surface area (Å²) in [5.41, 5.74) is 0.0976. The van der Waals surface area contributed by atoms with E-state index in [4.69, 9.17) is 9.47 Å². The van der Waals surface area contributed by atoms with E-state index >= 15 is 4.39 Å². The lowest BCUT2D eigenvalue weighted by molar-refractivity contribution is -0.230. The van der Waals surface area contributed by atoms with Gasteiger partial charge in [0.1, 0.15) is 5.60 Å². The first-order chi connectivity index (χ1) is 23.8. The van der Waals surface area contributed by atoms with Gasteiger partial charge in [-0.3, -0.25) is 19.8 Å². The van der Waals surface area contributed by atoms with E-state index < -0.39 is 24.4 Å². The minimum atomic E-state index is -1.65. The van der Waals surface area contributed by atoms with Crippen molar-refractivity contribution in [2.24, 2.45) is 5.92 Å². The average Bonchev–Trinajstić information content (AvgIpc) is 3.34. The van der Waals surface area contributed by atoms with Crippen LogP contribution in [0.1, 0.15) is 88.1 Å². The number of carbonyl (C=O) groups excluding carboxylic acids is 2. The molecule has 49 heavy (non-hydrogen) atoms. The van der Waals surface area contributed by atoms with Gasteiger partial charge < -0.3 is 19.3 Å². The summed E-state index contributed by atoms with van der Waals surface area (Å²) in [6, 6.07) is 9.39. The number of carbonyl (C=O) groups is 2. The van der Waals surface area contributed by atoms with Gasteiger partial charge in [-0.25, -0.2) is 9.29 Å². The number of rotatable bonds is 7. The number of benzene rings is 1. The van der Waals surface area contributed by atoms with Crippen molar-refractivity contribution in [3.8, 4) is 6.07 Å². The number of hydrogen-bond acceptors (Lipinski definition) is 9. The molecular weight excluding hydrogens is 623 g/mol. The molecule has 2 aliphatic carbocycles. The monoisotopic (exact) mass is 676 g/mol. The predicted molar refractivity (Wildman–Crippen MR) is 182 cm³/mol. The normalized spacial score (nSPS) is 36.6. The fourth-order valence-corrected chi connectivity index (χ4v) is 9.86. The Bertz CT molecular complexity index is 1410. The van der Waals surface area contributed by atoms with E-state index in [1.165, 1.54) is 18.9 Å². The van der Waals surface area contributed by atoms with Gasteiger partial charge >= 0.3 is 0 Å². The third-order valence-corrected chi connectivity index (χ3v) is 12.5. The molecule has 1 aromatic carbocycles. The van der Waals surface area contributed by atoms with E-state index in [0.717, 1.165) is 50.6 Å². The van der Waals surface area contributed by atoms with E-state index in [1.807, 2.05) is 18.2 Å². The molecule has 1 spiro atoms. The van der Waals surface area contributed by atoms with Crippen LogP contribution in [-0.4, -0.2) is 113 Å². The molecule has 1 aromatic rings. The number of amides is 1. The lowest BCUT2D eigenvalue weighted by atomic mass is 9.68. The summed E-state index contributed by atoms with van der Waals surface area (Å²) < 4.78 is 28.7. The quantitative estimate of drug-likeness (QED) is 0.335. The Morgan fingerprint density at radius 1 is 1.12 bits per heavy atom. The highest BCUT2D eigenvalue weighted by molar-refractivity contribution is 5.94. The lowest BCUT2D eigenvalue weighted by Gasteiger charge is -2.60. The van der Waals surface area contributed by atoms with Gasteiger partial charge in [0, 0.05) is 49.6 Å². The second-order valence-corrected chi connectivity index (χ2v) is 15.2. The topological polar surface area (TPSA) is 101 Å². The van der Waals surface area contributed by atoms with Crippen LogP contribution in [0.3, 0.4) is 0 Å². The molecule has 3 saturated heterocycles. The van der Waals surface area contributed by atoms with Gasteiger partial charge in [-0.15, -0.1) is 0 Å². The van der Waals surface area contributed by atoms with Gasteiger partial charge in [0.2, 0.25) is 12.3 Å². The van der Waals surface area contributed by atoms with Crippen molar-refractivity contribution in [3.63, 3.8) is 0 Å². The number of ketones is 1. The third kappa shape index (κ3) is 6.73. The smallest absolute Gasteiger partial charge is 0.246 e. The van der Waals surface area contributed by atoms with E-state index in [9.17, 15) is 14.9 Å². The highest BCUT2D eigenvalue weighted by Gasteiger charge is 2.60. The number of likely N-dealkylation sites (N-methyl/N-ethyl adjacent to an activating group) is 1. The number of fused-ring (bicyclic) bond motifs is 2. The minimum absolute atomic E-state index is 0.0907. The number of alkyl halides is 1. The zero-order chi connectivity index (χ0) is 34.1. The number of nitrogens with one attached hydrogen (secondary N) is 1. The molecule has 5 fully saturated rings. The molecule has 1 N–H and O–H groups in total. The molecule has 2 saturated carbocycles. The largest absolute Gasteiger partial charge is 0.348 e. The first-order valence-electron chi connectivity index (χ1n) is 18.7. The Balaban J connectivity index is 1.25. The van der Waals surface area contributed by atoms with Gasteiger partial charge in [0.15, 0.2) is 12.1 Å². The number of nitrogens with zero attached hydrogens (tertiary/aromatic N) is 5. The maximum Gasteiger partial charge on any atom is 0.246 e. The van der Waals surface area contributed by atoms with Gasteiger partial charge in [-0.2, -0.15) is 5.26 Å². The molecule has 266 valence electrons. The van der Waals surface area contributed by atoms with Crippen molar-refractivity contribution >= 4 is 11.7 Å². The number of piperazine rings is 1. The van der Waals surface area contributed by atoms with Crippen molar-refractivity contribution < 1.29 is 23.5 Å². The van der Waals surface area contributed by atoms with Crippen LogP contribution >= 0.6 is 0 Å². The summed E-state index contributed by atoms with van der Waals surface area (Å²) in [5.74, 6) is -0.346. The van der Waals surface area contributed by atoms with Crippen LogP contribution in [0.5, 0.6) is 0 Å². The molecule has 0 radical (unpaired) electrons. The van der Waals surface area contributed by atoms with Gasteiger partial charge in [-0.1, -0.05) is 56.5 Å². The standard InChI is InChI=1S/C38H53FN6O4/c1-3-32(46)44-22-21-43(24-28(44)17-19-40)36-31-16-18-38(23-26-11-8-9-15-30(26)35(39)49-38)34(47)33(31)41-37(48-25-29-14-10-20-42(29)2)45(36)27-12-6-4-5-7-13-27/h3,8-9,11,15,27-29,31,33,35-37,41H,1,4-7,10,12-14,16-18,20-25H2,2H3/t28?,29?,31?,33?,35?,36?,37?,38-/m0/s1. The number of likely N-dealkylation sites (tertiary alicyclic amines) is 1. The zero-order valence-electron chi connectivity index (χ0n) is 29.0. The van der Waals surface area contributed by atoms with Crippen molar-refractivity contribution in [3.05, 3.63) is 48.0 Å². The van der Waals surface area contributed by atoms with Gasteiger partial charge in [-0.05, 0) is 63.8 Å². The van der Waals surface area contributed by atoms with Crippen molar-refractivity contribution in [1.29, 1.82) is 5.26 Å². The Morgan fingerprint density at radius 2 is 1.92 bits per heavy atom. The number of nitriles is 1. The SMILES string of the molecule is C=CC(=O)N1CCN(C2C3CC[C@]4(Cc5ccccc5C(F)O4)C(=O)C3NC(OCC3CCCN3C)N2C2CCCCCC2)CC1CC#N. The van der Waals surface area contributed by atoms with Crippen molar-refractivity contribution in [2.75, 3.05) is 39.8 Å². The van der Waals surface area contributed by atoms with Crippen LogP contribution in [0.25, 0.3) is 0 Å². The predicted octanol–water partition coefficient (Wildman–Crippen LogP) is 4.27. The second-order valence-electron chi connectivity index (χ2n) is 15.2. The summed E-state index contributed by atoms with van der Waals surface area (Å²) >= 11 is 0. The first-order valence-corrected chi connectivity index (χ1v) is 18.7. The Hall–Kier alpha value is -2.72. The molecule has 0 aromatic heterocycles. The zero-order valence-corrected chi connectivity index (χ0v) is 29.0. The molecule has 0 bridgehead atoms. The Kier molecular flexibility index (Phi) is 10.5.